The van der Waals surface area contributed by atoms with E-state index in [1.54, 1.807) is 0 Å². The zero-order valence-corrected chi connectivity index (χ0v) is 10.3. The molecule has 0 saturated heterocycles. The molecule has 2 aromatic rings. The number of carbonyl (C=O) groups is 1. The first-order chi connectivity index (χ1) is 8.59. The number of pyridine rings is 1. The van der Waals surface area contributed by atoms with Crippen LogP contribution in [-0.2, 0) is 11.2 Å². The summed E-state index contributed by atoms with van der Waals surface area (Å²) >= 11 is 0. The summed E-state index contributed by atoms with van der Waals surface area (Å²) in [5.74, 6) is -0.401. The molecule has 1 unspecified atom stereocenters. The molecule has 18 heavy (non-hydrogen) atoms. The molecule has 3 rings (SSSR count). The Bertz CT molecular complexity index is 568. The van der Waals surface area contributed by atoms with Crippen LogP contribution in [0.4, 0.5) is 0 Å². The number of aromatic nitrogens is 2. The standard InChI is InChI=1S/C14H16N2O2/c1-14(13(17)18,10-5-6-10)8-11-9-16-7-3-2-4-12(16)15-11/h2-4,7,9-10H,5-6,8H2,1H3,(H,17,18). The molecule has 94 valence electrons. The summed E-state index contributed by atoms with van der Waals surface area (Å²) in [6, 6.07) is 5.80. The monoisotopic (exact) mass is 244 g/mol. The van der Waals surface area contributed by atoms with E-state index in [1.807, 2.05) is 41.9 Å². The van der Waals surface area contributed by atoms with Crippen molar-refractivity contribution in [2.75, 3.05) is 0 Å². The topological polar surface area (TPSA) is 54.6 Å². The highest BCUT2D eigenvalue weighted by molar-refractivity contribution is 5.75. The van der Waals surface area contributed by atoms with Crippen LogP contribution in [0.1, 0.15) is 25.5 Å². The van der Waals surface area contributed by atoms with Crippen molar-refractivity contribution in [1.29, 1.82) is 0 Å². The quantitative estimate of drug-likeness (QED) is 0.898. The zero-order chi connectivity index (χ0) is 12.8. The molecule has 1 aliphatic carbocycles. The molecular formula is C14H16N2O2. The highest BCUT2D eigenvalue weighted by Gasteiger charge is 2.47. The molecule has 0 aromatic carbocycles. The van der Waals surface area contributed by atoms with Gasteiger partial charge in [0.1, 0.15) is 5.65 Å². The van der Waals surface area contributed by atoms with E-state index in [4.69, 9.17) is 0 Å². The number of hydrogen-bond acceptors (Lipinski definition) is 2. The van der Waals surface area contributed by atoms with Gasteiger partial charge in [0.25, 0.3) is 0 Å². The average Bonchev–Trinajstić information content (AvgIpc) is 3.10. The molecule has 4 heteroatoms. The summed E-state index contributed by atoms with van der Waals surface area (Å²) in [6.45, 7) is 1.84. The van der Waals surface area contributed by atoms with Crippen LogP contribution < -0.4 is 0 Å². The molecule has 0 amide bonds. The largest absolute Gasteiger partial charge is 0.481 e. The second-order valence-electron chi connectivity index (χ2n) is 5.37. The fourth-order valence-electron chi connectivity index (χ4n) is 2.56. The van der Waals surface area contributed by atoms with E-state index in [0.717, 1.165) is 24.2 Å². The molecule has 1 N–H and O–H groups in total. The van der Waals surface area contributed by atoms with Gasteiger partial charge in [-0.1, -0.05) is 6.07 Å². The fraction of sp³-hybridized carbons (Fsp3) is 0.429. The van der Waals surface area contributed by atoms with Crippen LogP contribution in [0.5, 0.6) is 0 Å². The third-order valence-electron chi connectivity index (χ3n) is 3.93. The van der Waals surface area contributed by atoms with Crippen LogP contribution in [0.2, 0.25) is 0 Å². The Kier molecular flexibility index (Phi) is 2.40. The molecule has 1 saturated carbocycles. The van der Waals surface area contributed by atoms with E-state index in [0.29, 0.717) is 12.3 Å². The number of carboxylic acids is 1. The molecule has 1 atom stereocenters. The van der Waals surface area contributed by atoms with Crippen LogP contribution in [0, 0.1) is 11.3 Å². The van der Waals surface area contributed by atoms with E-state index >= 15 is 0 Å². The second-order valence-corrected chi connectivity index (χ2v) is 5.37. The molecule has 0 bridgehead atoms. The van der Waals surface area contributed by atoms with E-state index in [9.17, 15) is 9.90 Å². The van der Waals surface area contributed by atoms with Crippen molar-refractivity contribution in [2.24, 2.45) is 11.3 Å². The van der Waals surface area contributed by atoms with Crippen molar-refractivity contribution < 1.29 is 9.90 Å². The predicted molar refractivity (Wildman–Crippen MR) is 67.4 cm³/mol. The van der Waals surface area contributed by atoms with Gasteiger partial charge in [0.15, 0.2) is 0 Å². The normalized spacial score (nSPS) is 18.7. The van der Waals surface area contributed by atoms with Gasteiger partial charge in [-0.3, -0.25) is 4.79 Å². The fourth-order valence-corrected chi connectivity index (χ4v) is 2.56. The molecule has 0 spiro atoms. The predicted octanol–water partition coefficient (Wildman–Crippen LogP) is 2.38. The number of hydrogen-bond donors (Lipinski definition) is 1. The first-order valence-electron chi connectivity index (χ1n) is 6.25. The molecule has 0 radical (unpaired) electrons. The van der Waals surface area contributed by atoms with Gasteiger partial charge in [0.05, 0.1) is 11.1 Å². The summed E-state index contributed by atoms with van der Waals surface area (Å²) in [5.41, 5.74) is 1.06. The van der Waals surface area contributed by atoms with Crippen LogP contribution >= 0.6 is 0 Å². The van der Waals surface area contributed by atoms with E-state index in [2.05, 4.69) is 4.98 Å². The number of carboxylic acid groups (broad SMARTS) is 1. The van der Waals surface area contributed by atoms with Gasteiger partial charge in [0.2, 0.25) is 0 Å². The third kappa shape index (κ3) is 1.78. The first kappa shape index (κ1) is 11.3. The lowest BCUT2D eigenvalue weighted by Crippen LogP contribution is -2.32. The molecule has 0 aliphatic heterocycles. The van der Waals surface area contributed by atoms with Crippen LogP contribution in [0.15, 0.2) is 30.6 Å². The minimum Gasteiger partial charge on any atom is -0.481 e. The number of fused-ring (bicyclic) bond motifs is 1. The molecular weight excluding hydrogens is 228 g/mol. The smallest absolute Gasteiger partial charge is 0.310 e. The maximum Gasteiger partial charge on any atom is 0.310 e. The van der Waals surface area contributed by atoms with Gasteiger partial charge in [0, 0.05) is 18.8 Å². The average molecular weight is 244 g/mol. The lowest BCUT2D eigenvalue weighted by atomic mass is 9.80. The Morgan fingerprint density at radius 1 is 1.56 bits per heavy atom. The lowest BCUT2D eigenvalue weighted by molar-refractivity contribution is -0.149. The minimum absolute atomic E-state index is 0.305. The summed E-state index contributed by atoms with van der Waals surface area (Å²) in [4.78, 5) is 16.0. The van der Waals surface area contributed by atoms with Gasteiger partial charge in [-0.05, 0) is 37.8 Å². The summed E-state index contributed by atoms with van der Waals surface area (Å²) < 4.78 is 1.94. The van der Waals surface area contributed by atoms with Crippen molar-refractivity contribution in [3.8, 4) is 0 Å². The van der Waals surface area contributed by atoms with Gasteiger partial charge >= 0.3 is 5.97 Å². The molecule has 1 fully saturated rings. The highest BCUT2D eigenvalue weighted by Crippen LogP contribution is 2.47. The zero-order valence-electron chi connectivity index (χ0n) is 10.3. The SMILES string of the molecule is CC(Cc1cn2ccccc2n1)(C(=O)O)C1CC1. The van der Waals surface area contributed by atoms with Crippen LogP contribution in [0.25, 0.3) is 5.65 Å². The van der Waals surface area contributed by atoms with Crippen molar-refractivity contribution >= 4 is 11.6 Å². The van der Waals surface area contributed by atoms with Crippen LogP contribution in [-0.4, -0.2) is 20.5 Å². The lowest BCUT2D eigenvalue weighted by Gasteiger charge is -2.23. The third-order valence-corrected chi connectivity index (χ3v) is 3.93. The van der Waals surface area contributed by atoms with E-state index in [1.165, 1.54) is 0 Å². The highest BCUT2D eigenvalue weighted by atomic mass is 16.4. The second kappa shape index (κ2) is 3.83. The van der Waals surface area contributed by atoms with Crippen molar-refractivity contribution in [3.63, 3.8) is 0 Å². The molecule has 4 nitrogen and oxygen atoms in total. The number of rotatable bonds is 4. The van der Waals surface area contributed by atoms with Gasteiger partial charge in [-0.25, -0.2) is 4.98 Å². The minimum atomic E-state index is -0.706. The van der Waals surface area contributed by atoms with Crippen molar-refractivity contribution in [2.45, 2.75) is 26.2 Å². The Morgan fingerprint density at radius 2 is 2.33 bits per heavy atom. The van der Waals surface area contributed by atoms with Gasteiger partial charge in [-0.2, -0.15) is 0 Å². The maximum absolute atomic E-state index is 11.5. The summed E-state index contributed by atoms with van der Waals surface area (Å²) in [6.07, 6.45) is 6.42. The summed E-state index contributed by atoms with van der Waals surface area (Å²) in [7, 11) is 0. The Labute approximate surface area is 105 Å². The van der Waals surface area contributed by atoms with Crippen molar-refractivity contribution in [3.05, 3.63) is 36.3 Å². The number of nitrogens with zero attached hydrogens (tertiary/aromatic N) is 2. The Morgan fingerprint density at radius 3 is 2.94 bits per heavy atom. The van der Waals surface area contributed by atoms with Crippen molar-refractivity contribution in [1.82, 2.24) is 9.38 Å². The maximum atomic E-state index is 11.5. The molecule has 2 aromatic heterocycles. The molecule has 1 aliphatic rings. The van der Waals surface area contributed by atoms with E-state index < -0.39 is 11.4 Å². The Hall–Kier alpha value is -1.84. The Balaban J connectivity index is 1.92. The van der Waals surface area contributed by atoms with Gasteiger partial charge in [-0.15, -0.1) is 0 Å². The first-order valence-corrected chi connectivity index (χ1v) is 6.25. The van der Waals surface area contributed by atoms with E-state index in [-0.39, 0.29) is 0 Å². The molecule has 2 heterocycles. The number of imidazole rings is 1. The number of aliphatic carboxylic acids is 1. The van der Waals surface area contributed by atoms with Gasteiger partial charge < -0.3 is 9.51 Å². The summed E-state index contributed by atoms with van der Waals surface area (Å²) in [5, 5.41) is 9.44. The van der Waals surface area contributed by atoms with Crippen LogP contribution in [0.3, 0.4) is 0 Å².